The van der Waals surface area contributed by atoms with Gasteiger partial charge in [-0.05, 0) is 31.4 Å². The number of carbonyl (C=O) groups excluding carboxylic acids is 2. The number of likely N-dealkylation sites (tertiary alicyclic amines) is 2. The Morgan fingerprint density at radius 2 is 1.88 bits per heavy atom. The van der Waals surface area contributed by atoms with Crippen molar-refractivity contribution in [3.8, 4) is 0 Å². The minimum atomic E-state index is -0.0501. The van der Waals surface area contributed by atoms with Gasteiger partial charge in [-0.3, -0.25) is 14.6 Å². The lowest BCUT2D eigenvalue weighted by Crippen LogP contribution is -2.47. The molecule has 1 unspecified atom stereocenters. The van der Waals surface area contributed by atoms with Crippen molar-refractivity contribution in [3.05, 3.63) is 30.1 Å². The minimum absolute atomic E-state index is 0.0501. The zero-order valence-electron chi connectivity index (χ0n) is 14.3. The summed E-state index contributed by atoms with van der Waals surface area (Å²) in [7, 11) is 0. The molecule has 2 aliphatic heterocycles. The lowest BCUT2D eigenvalue weighted by atomic mass is 9.95. The molecule has 1 aromatic rings. The fourth-order valence-electron chi connectivity index (χ4n) is 3.68. The third-order valence-electron chi connectivity index (χ3n) is 5.10. The molecule has 0 bridgehead atoms. The summed E-state index contributed by atoms with van der Waals surface area (Å²) in [6, 6.07) is 5.73. The van der Waals surface area contributed by atoms with Gasteiger partial charge in [-0.15, -0.1) is 0 Å². The van der Waals surface area contributed by atoms with Gasteiger partial charge in [0.1, 0.15) is 0 Å². The molecule has 0 saturated carbocycles. The summed E-state index contributed by atoms with van der Waals surface area (Å²) in [5.41, 5.74) is 0.880. The van der Waals surface area contributed by atoms with E-state index >= 15 is 0 Å². The standard InChI is InChI=1S/C19H27N3O2/c23-18-10-9-16(14-22(18)15-17-8-4-5-11-20-17)19(24)21-12-6-2-1-3-7-13-21/h4-5,8,11,16H,1-3,6-7,9-10,12-15H2. The van der Waals surface area contributed by atoms with Gasteiger partial charge in [-0.1, -0.05) is 25.3 Å². The smallest absolute Gasteiger partial charge is 0.227 e. The topological polar surface area (TPSA) is 53.5 Å². The van der Waals surface area contributed by atoms with E-state index < -0.39 is 0 Å². The van der Waals surface area contributed by atoms with Crippen LogP contribution < -0.4 is 0 Å². The van der Waals surface area contributed by atoms with E-state index in [2.05, 4.69) is 4.98 Å². The predicted octanol–water partition coefficient (Wildman–Crippen LogP) is 2.61. The van der Waals surface area contributed by atoms with Gasteiger partial charge in [-0.25, -0.2) is 0 Å². The van der Waals surface area contributed by atoms with Gasteiger partial charge in [-0.2, -0.15) is 0 Å². The first-order valence-electron chi connectivity index (χ1n) is 9.20. The second-order valence-corrected chi connectivity index (χ2v) is 6.92. The monoisotopic (exact) mass is 329 g/mol. The Labute approximate surface area is 144 Å². The Morgan fingerprint density at radius 1 is 1.12 bits per heavy atom. The first-order chi connectivity index (χ1) is 11.7. The highest BCUT2D eigenvalue weighted by atomic mass is 16.2. The summed E-state index contributed by atoms with van der Waals surface area (Å²) in [6.07, 6.45) is 8.84. The van der Waals surface area contributed by atoms with Crippen molar-refractivity contribution >= 4 is 11.8 Å². The number of rotatable bonds is 3. The third kappa shape index (κ3) is 4.34. The van der Waals surface area contributed by atoms with Crippen molar-refractivity contribution in [2.75, 3.05) is 19.6 Å². The van der Waals surface area contributed by atoms with Crippen LogP contribution in [0.15, 0.2) is 24.4 Å². The van der Waals surface area contributed by atoms with Crippen LogP contribution in [-0.2, 0) is 16.1 Å². The lowest BCUT2D eigenvalue weighted by molar-refractivity contribution is -0.143. The largest absolute Gasteiger partial charge is 0.342 e. The molecule has 3 rings (SSSR count). The fourth-order valence-corrected chi connectivity index (χ4v) is 3.68. The number of piperidine rings is 1. The van der Waals surface area contributed by atoms with Crippen molar-refractivity contribution < 1.29 is 9.59 Å². The molecule has 5 nitrogen and oxygen atoms in total. The summed E-state index contributed by atoms with van der Waals surface area (Å²) in [4.78, 5) is 33.3. The summed E-state index contributed by atoms with van der Waals surface area (Å²) in [6.45, 7) is 2.79. The fraction of sp³-hybridized carbons (Fsp3) is 0.632. The van der Waals surface area contributed by atoms with E-state index in [0.29, 0.717) is 25.9 Å². The van der Waals surface area contributed by atoms with Crippen molar-refractivity contribution in [1.82, 2.24) is 14.8 Å². The number of carbonyl (C=O) groups is 2. The molecule has 0 N–H and O–H groups in total. The van der Waals surface area contributed by atoms with E-state index in [0.717, 1.165) is 31.6 Å². The molecule has 24 heavy (non-hydrogen) atoms. The summed E-state index contributed by atoms with van der Waals surface area (Å²) >= 11 is 0. The van der Waals surface area contributed by atoms with Crippen LogP contribution in [0.5, 0.6) is 0 Å². The van der Waals surface area contributed by atoms with E-state index in [9.17, 15) is 9.59 Å². The molecular weight excluding hydrogens is 302 g/mol. The molecular formula is C19H27N3O2. The van der Waals surface area contributed by atoms with Gasteiger partial charge < -0.3 is 9.80 Å². The van der Waals surface area contributed by atoms with E-state index in [1.807, 2.05) is 23.1 Å². The quantitative estimate of drug-likeness (QED) is 0.856. The van der Waals surface area contributed by atoms with Gasteiger partial charge in [0, 0.05) is 32.3 Å². The molecule has 1 aromatic heterocycles. The lowest BCUT2D eigenvalue weighted by Gasteiger charge is -2.35. The van der Waals surface area contributed by atoms with Crippen molar-refractivity contribution in [3.63, 3.8) is 0 Å². The highest BCUT2D eigenvalue weighted by Gasteiger charge is 2.32. The van der Waals surface area contributed by atoms with Crippen molar-refractivity contribution in [1.29, 1.82) is 0 Å². The Hall–Kier alpha value is -1.91. The highest BCUT2D eigenvalue weighted by molar-refractivity contribution is 5.83. The summed E-state index contributed by atoms with van der Waals surface area (Å²) in [5, 5.41) is 0. The number of amides is 2. The van der Waals surface area contributed by atoms with E-state index in [1.165, 1.54) is 19.3 Å². The zero-order valence-corrected chi connectivity index (χ0v) is 14.3. The molecule has 0 radical (unpaired) electrons. The number of aromatic nitrogens is 1. The molecule has 0 aromatic carbocycles. The maximum Gasteiger partial charge on any atom is 0.227 e. The zero-order chi connectivity index (χ0) is 16.8. The van der Waals surface area contributed by atoms with Crippen LogP contribution in [0.4, 0.5) is 0 Å². The van der Waals surface area contributed by atoms with Crippen LogP contribution in [0.3, 0.4) is 0 Å². The van der Waals surface area contributed by atoms with E-state index in [4.69, 9.17) is 0 Å². The van der Waals surface area contributed by atoms with Crippen LogP contribution >= 0.6 is 0 Å². The maximum atomic E-state index is 12.9. The molecule has 2 amide bonds. The molecule has 5 heteroatoms. The Bertz CT molecular complexity index is 553. The molecule has 0 aliphatic carbocycles. The van der Waals surface area contributed by atoms with Crippen LogP contribution in [-0.4, -0.2) is 46.2 Å². The molecule has 3 heterocycles. The third-order valence-corrected chi connectivity index (χ3v) is 5.10. The van der Waals surface area contributed by atoms with Crippen molar-refractivity contribution in [2.45, 2.75) is 51.5 Å². The molecule has 0 spiro atoms. The summed E-state index contributed by atoms with van der Waals surface area (Å²) < 4.78 is 0. The predicted molar refractivity (Wildman–Crippen MR) is 92.0 cm³/mol. The molecule has 130 valence electrons. The Morgan fingerprint density at radius 3 is 2.58 bits per heavy atom. The van der Waals surface area contributed by atoms with Crippen LogP contribution in [0.25, 0.3) is 0 Å². The van der Waals surface area contributed by atoms with E-state index in [1.54, 1.807) is 11.1 Å². The number of nitrogens with zero attached hydrogens (tertiary/aromatic N) is 3. The Kier molecular flexibility index (Phi) is 5.83. The minimum Gasteiger partial charge on any atom is -0.342 e. The molecule has 2 fully saturated rings. The van der Waals surface area contributed by atoms with Gasteiger partial charge in [0.25, 0.3) is 0 Å². The second kappa shape index (κ2) is 8.27. The average molecular weight is 329 g/mol. The molecule has 1 atom stereocenters. The highest BCUT2D eigenvalue weighted by Crippen LogP contribution is 2.22. The average Bonchev–Trinajstić information content (AvgIpc) is 2.57. The van der Waals surface area contributed by atoms with E-state index in [-0.39, 0.29) is 17.7 Å². The Balaban J connectivity index is 1.61. The van der Waals surface area contributed by atoms with Crippen molar-refractivity contribution in [2.24, 2.45) is 5.92 Å². The van der Waals surface area contributed by atoms with Gasteiger partial charge in [0.15, 0.2) is 0 Å². The van der Waals surface area contributed by atoms with Gasteiger partial charge >= 0.3 is 0 Å². The van der Waals surface area contributed by atoms with Gasteiger partial charge in [0.2, 0.25) is 11.8 Å². The first-order valence-corrected chi connectivity index (χ1v) is 9.20. The first kappa shape index (κ1) is 16.9. The molecule has 2 aliphatic rings. The van der Waals surface area contributed by atoms with Crippen LogP contribution in [0.2, 0.25) is 0 Å². The van der Waals surface area contributed by atoms with Crippen LogP contribution in [0, 0.1) is 5.92 Å². The number of pyridine rings is 1. The molecule has 2 saturated heterocycles. The normalized spacial score (nSPS) is 22.8. The maximum absolute atomic E-state index is 12.9. The van der Waals surface area contributed by atoms with Crippen LogP contribution in [0.1, 0.15) is 50.6 Å². The number of hydrogen-bond donors (Lipinski definition) is 0. The SMILES string of the molecule is O=C1CCC(C(=O)N2CCCCCCC2)CN1Cc1ccccn1. The summed E-state index contributed by atoms with van der Waals surface area (Å²) in [5.74, 6) is 0.332. The number of hydrogen-bond acceptors (Lipinski definition) is 3. The second-order valence-electron chi connectivity index (χ2n) is 6.92. The van der Waals surface area contributed by atoms with Gasteiger partial charge in [0.05, 0.1) is 18.2 Å².